The molecule has 1 unspecified atom stereocenters. The van der Waals surface area contributed by atoms with Crippen molar-refractivity contribution in [1.29, 1.82) is 0 Å². The van der Waals surface area contributed by atoms with Crippen LogP contribution in [0.15, 0.2) is 23.0 Å². The van der Waals surface area contributed by atoms with Crippen molar-refractivity contribution in [2.45, 2.75) is 32.9 Å². The first-order valence-corrected chi connectivity index (χ1v) is 8.74. The van der Waals surface area contributed by atoms with E-state index in [2.05, 4.69) is 15.6 Å². The number of hydrogen-bond acceptors (Lipinski definition) is 4. The van der Waals surface area contributed by atoms with Crippen molar-refractivity contribution in [2.24, 2.45) is 0 Å². The minimum absolute atomic E-state index is 0.0754. The smallest absolute Gasteiger partial charge is 0.252 e. The SMILES string of the molecule is CNC(=O)CC1C(=O)NCCN1Cc1cc2cc(C)cc(C)c2[nH]c1=O. The number of hydrogen-bond donors (Lipinski definition) is 3. The molecule has 1 fully saturated rings. The third kappa shape index (κ3) is 3.62. The molecule has 2 amide bonds. The Morgan fingerprint density at radius 1 is 1.27 bits per heavy atom. The number of H-pyrrole nitrogens is 1. The molecule has 2 aromatic rings. The summed E-state index contributed by atoms with van der Waals surface area (Å²) >= 11 is 0. The Morgan fingerprint density at radius 2 is 2.04 bits per heavy atom. The molecule has 1 saturated heterocycles. The quantitative estimate of drug-likeness (QED) is 0.747. The number of aromatic amines is 1. The maximum Gasteiger partial charge on any atom is 0.252 e. The second kappa shape index (κ2) is 7.29. The van der Waals surface area contributed by atoms with Gasteiger partial charge in [-0.2, -0.15) is 0 Å². The van der Waals surface area contributed by atoms with Crippen LogP contribution in [0.3, 0.4) is 0 Å². The summed E-state index contributed by atoms with van der Waals surface area (Å²) in [4.78, 5) is 41.4. The molecular formula is C19H24N4O3. The Kier molecular flexibility index (Phi) is 5.08. The Bertz CT molecular complexity index is 919. The number of amides is 2. The van der Waals surface area contributed by atoms with Crippen LogP contribution in [0.2, 0.25) is 0 Å². The van der Waals surface area contributed by atoms with Gasteiger partial charge in [0.1, 0.15) is 0 Å². The molecular weight excluding hydrogens is 332 g/mol. The van der Waals surface area contributed by atoms with Gasteiger partial charge in [-0.05, 0) is 36.9 Å². The molecule has 26 heavy (non-hydrogen) atoms. The third-order valence-electron chi connectivity index (χ3n) is 4.84. The van der Waals surface area contributed by atoms with Gasteiger partial charge in [0.15, 0.2) is 0 Å². The maximum atomic E-state index is 12.5. The third-order valence-corrected chi connectivity index (χ3v) is 4.84. The maximum absolute atomic E-state index is 12.5. The summed E-state index contributed by atoms with van der Waals surface area (Å²) in [6.07, 6.45) is 0.0754. The highest BCUT2D eigenvalue weighted by molar-refractivity contribution is 5.88. The van der Waals surface area contributed by atoms with Crippen LogP contribution in [-0.4, -0.2) is 47.9 Å². The Hall–Kier alpha value is -2.67. The minimum Gasteiger partial charge on any atom is -0.359 e. The standard InChI is InChI=1S/C19H24N4O3/c1-11-6-12(2)17-13(7-11)8-14(18(25)22-17)10-23-5-4-21-19(26)15(23)9-16(24)20-3/h6-8,15H,4-5,9-10H2,1-3H3,(H,20,24)(H,21,26)(H,22,25). The molecule has 0 bridgehead atoms. The molecule has 7 heteroatoms. The van der Waals surface area contributed by atoms with Crippen molar-refractivity contribution in [3.8, 4) is 0 Å². The molecule has 3 rings (SSSR count). The molecule has 2 heterocycles. The molecule has 1 aromatic carbocycles. The topological polar surface area (TPSA) is 94.3 Å². The zero-order valence-corrected chi connectivity index (χ0v) is 15.3. The summed E-state index contributed by atoms with van der Waals surface area (Å²) in [5, 5.41) is 6.32. The fraction of sp³-hybridized carbons (Fsp3) is 0.421. The number of benzene rings is 1. The van der Waals surface area contributed by atoms with Crippen molar-refractivity contribution in [3.63, 3.8) is 0 Å². The van der Waals surface area contributed by atoms with Gasteiger partial charge in [0.05, 0.1) is 18.0 Å². The van der Waals surface area contributed by atoms with Crippen LogP contribution in [0.25, 0.3) is 10.9 Å². The largest absolute Gasteiger partial charge is 0.359 e. The highest BCUT2D eigenvalue weighted by Gasteiger charge is 2.31. The fourth-order valence-electron chi connectivity index (χ4n) is 3.52. The van der Waals surface area contributed by atoms with E-state index in [1.54, 1.807) is 7.05 Å². The van der Waals surface area contributed by atoms with Crippen molar-refractivity contribution >= 4 is 22.7 Å². The van der Waals surface area contributed by atoms with Gasteiger partial charge >= 0.3 is 0 Å². The van der Waals surface area contributed by atoms with Crippen LogP contribution in [0.4, 0.5) is 0 Å². The second-order valence-corrected chi connectivity index (χ2v) is 6.82. The number of carbonyl (C=O) groups is 2. The van der Waals surface area contributed by atoms with E-state index in [0.29, 0.717) is 25.2 Å². The first kappa shape index (κ1) is 18.1. The first-order valence-electron chi connectivity index (χ1n) is 8.74. The Balaban J connectivity index is 1.93. The number of piperazine rings is 1. The Labute approximate surface area is 151 Å². The molecule has 1 atom stereocenters. The average Bonchev–Trinajstić information content (AvgIpc) is 2.59. The number of pyridine rings is 1. The molecule has 0 saturated carbocycles. The van der Waals surface area contributed by atoms with E-state index in [4.69, 9.17) is 0 Å². The lowest BCUT2D eigenvalue weighted by atomic mass is 10.0. The number of aromatic nitrogens is 1. The first-order chi connectivity index (χ1) is 12.4. The van der Waals surface area contributed by atoms with Crippen molar-refractivity contribution in [2.75, 3.05) is 20.1 Å². The molecule has 1 aliphatic heterocycles. The van der Waals surface area contributed by atoms with Gasteiger partial charge in [-0.3, -0.25) is 19.3 Å². The van der Waals surface area contributed by atoms with Gasteiger partial charge in [0, 0.05) is 32.2 Å². The van der Waals surface area contributed by atoms with Gasteiger partial charge in [-0.15, -0.1) is 0 Å². The number of aryl methyl sites for hydroxylation is 2. The van der Waals surface area contributed by atoms with Crippen LogP contribution in [0, 0.1) is 13.8 Å². The summed E-state index contributed by atoms with van der Waals surface area (Å²) in [6.45, 7) is 5.42. The highest BCUT2D eigenvalue weighted by Crippen LogP contribution is 2.19. The van der Waals surface area contributed by atoms with Crippen LogP contribution in [0.5, 0.6) is 0 Å². The highest BCUT2D eigenvalue weighted by atomic mass is 16.2. The lowest BCUT2D eigenvalue weighted by Crippen LogP contribution is -2.56. The molecule has 0 spiro atoms. The monoisotopic (exact) mass is 356 g/mol. The van der Waals surface area contributed by atoms with Gasteiger partial charge in [0.2, 0.25) is 11.8 Å². The van der Waals surface area contributed by atoms with Crippen LogP contribution in [-0.2, 0) is 16.1 Å². The fourth-order valence-corrected chi connectivity index (χ4v) is 3.52. The molecule has 3 N–H and O–H groups in total. The van der Waals surface area contributed by atoms with E-state index in [1.165, 1.54) is 0 Å². The predicted octanol–water partition coefficient (Wildman–Crippen LogP) is 0.581. The van der Waals surface area contributed by atoms with Gasteiger partial charge < -0.3 is 15.6 Å². The van der Waals surface area contributed by atoms with Gasteiger partial charge in [-0.1, -0.05) is 11.6 Å². The number of nitrogens with zero attached hydrogens (tertiary/aromatic N) is 1. The zero-order chi connectivity index (χ0) is 18.8. The van der Waals surface area contributed by atoms with Crippen molar-refractivity contribution in [3.05, 3.63) is 45.2 Å². The molecule has 1 aromatic heterocycles. The lowest BCUT2D eigenvalue weighted by molar-refractivity contribution is -0.134. The van der Waals surface area contributed by atoms with Gasteiger partial charge in [-0.25, -0.2) is 0 Å². The van der Waals surface area contributed by atoms with E-state index in [9.17, 15) is 14.4 Å². The Morgan fingerprint density at radius 3 is 2.77 bits per heavy atom. The van der Waals surface area contributed by atoms with E-state index in [1.807, 2.05) is 36.9 Å². The molecule has 0 radical (unpaired) electrons. The van der Waals surface area contributed by atoms with Crippen LogP contribution >= 0.6 is 0 Å². The molecule has 1 aliphatic rings. The number of carbonyl (C=O) groups excluding carboxylic acids is 2. The lowest BCUT2D eigenvalue weighted by Gasteiger charge is -2.34. The van der Waals surface area contributed by atoms with E-state index >= 15 is 0 Å². The average molecular weight is 356 g/mol. The molecule has 138 valence electrons. The summed E-state index contributed by atoms with van der Waals surface area (Å²) < 4.78 is 0. The van der Waals surface area contributed by atoms with Crippen molar-refractivity contribution < 1.29 is 9.59 Å². The number of nitrogens with one attached hydrogen (secondary N) is 3. The van der Waals surface area contributed by atoms with Gasteiger partial charge in [0.25, 0.3) is 5.56 Å². The summed E-state index contributed by atoms with van der Waals surface area (Å²) in [5.41, 5.74) is 3.43. The second-order valence-electron chi connectivity index (χ2n) is 6.82. The number of rotatable bonds is 4. The molecule has 7 nitrogen and oxygen atoms in total. The summed E-state index contributed by atoms with van der Waals surface area (Å²) in [5.74, 6) is -0.375. The van der Waals surface area contributed by atoms with E-state index < -0.39 is 6.04 Å². The summed E-state index contributed by atoms with van der Waals surface area (Å²) in [7, 11) is 1.55. The summed E-state index contributed by atoms with van der Waals surface area (Å²) in [6, 6.07) is 5.38. The van der Waals surface area contributed by atoms with E-state index in [0.717, 1.165) is 22.0 Å². The minimum atomic E-state index is -0.571. The van der Waals surface area contributed by atoms with E-state index in [-0.39, 0.29) is 23.8 Å². The number of fused-ring (bicyclic) bond motifs is 1. The van der Waals surface area contributed by atoms with Crippen LogP contribution in [0.1, 0.15) is 23.1 Å². The van der Waals surface area contributed by atoms with Crippen LogP contribution < -0.4 is 16.2 Å². The normalized spacial score (nSPS) is 18.0. The molecule has 0 aliphatic carbocycles. The predicted molar refractivity (Wildman–Crippen MR) is 99.9 cm³/mol. The zero-order valence-electron chi connectivity index (χ0n) is 15.3. The van der Waals surface area contributed by atoms with Crippen molar-refractivity contribution in [1.82, 2.24) is 20.5 Å².